The van der Waals surface area contributed by atoms with E-state index in [-0.39, 0.29) is 59.1 Å². The molecule has 1 N–H and O–H groups in total. The van der Waals surface area contributed by atoms with Gasteiger partial charge in [-0.05, 0) is 0 Å². The molecule has 0 aromatic carbocycles. The van der Waals surface area contributed by atoms with Gasteiger partial charge >= 0.3 is 65.1 Å². The first-order valence-corrected chi connectivity index (χ1v) is 1.94. The number of carboxylic acids is 2. The molecular weight excluding hydrogens is 188 g/mol. The van der Waals surface area contributed by atoms with Crippen molar-refractivity contribution in [1.29, 1.82) is 0 Å². The third kappa shape index (κ3) is 48.6. The molecule has 0 aliphatic rings. The van der Waals surface area contributed by atoms with E-state index in [1.807, 2.05) is 0 Å². The largest absolute Gasteiger partial charge is 1.00 e. The molecule has 0 aromatic heterocycles. The molecule has 0 aromatic rings. The van der Waals surface area contributed by atoms with Crippen LogP contribution in [-0.2, 0) is 9.59 Å². The predicted octanol–water partition coefficient (Wildman–Crippen LogP) is -6.91. The molecule has 7 nitrogen and oxygen atoms in total. The van der Waals surface area contributed by atoms with Crippen molar-refractivity contribution in [3.63, 3.8) is 0 Å². The van der Waals surface area contributed by atoms with Crippen LogP contribution >= 0.6 is 0 Å². The van der Waals surface area contributed by atoms with Crippen molar-refractivity contribution in [2.45, 2.75) is 6.42 Å². The molecule has 0 unspecified atom stereocenters. The first-order chi connectivity index (χ1) is 4.54. The van der Waals surface area contributed by atoms with Gasteiger partial charge in [-0.25, -0.2) is 0 Å². The predicted molar refractivity (Wildman–Crippen MR) is 27.3 cm³/mol. The summed E-state index contributed by atoms with van der Waals surface area (Å²) in [5, 5.41) is 17.0. The number of nitrogens with zero attached hydrogens (tertiary/aromatic N) is 3. The monoisotopic (exact) mass is 191 g/mol. The number of carboxylic acid groups (broad SMARTS) is 2. The maximum absolute atomic E-state index is 9.39. The number of hydrogen-bond acceptors (Lipinski definition) is 3. The maximum Gasteiger partial charge on any atom is 1.00 e. The molecule has 0 saturated heterocycles. The fourth-order valence-corrected chi connectivity index (χ4v) is 0.123. The van der Waals surface area contributed by atoms with Crippen LogP contribution in [-0.4, -0.2) is 17.0 Å². The Morgan fingerprint density at radius 2 is 1.58 bits per heavy atom. The summed E-state index contributed by atoms with van der Waals surface area (Å²) in [7, 11) is 0. The van der Waals surface area contributed by atoms with Gasteiger partial charge in [-0.1, -0.05) is 0 Å². The quantitative estimate of drug-likeness (QED) is 0.152. The third-order valence-corrected chi connectivity index (χ3v) is 0.296. The average molecular weight is 191 g/mol. The third-order valence-electron chi connectivity index (χ3n) is 0.296. The van der Waals surface area contributed by atoms with E-state index in [4.69, 9.17) is 16.2 Å². The molecule has 12 heavy (non-hydrogen) atoms. The summed E-state index contributed by atoms with van der Waals surface area (Å²) < 4.78 is 0. The zero-order valence-electron chi connectivity index (χ0n) is 6.72. The topological polar surface area (TPSA) is 136 Å². The average Bonchev–Trinajstić information content (AvgIpc) is 1.62. The number of carbonyl (C=O) groups is 2. The van der Waals surface area contributed by atoms with Crippen LogP contribution in [0.25, 0.3) is 16.0 Å². The van der Waals surface area contributed by atoms with Crippen LogP contribution in [0.5, 0.6) is 0 Å². The van der Waals surface area contributed by atoms with E-state index in [1.54, 1.807) is 0 Å². The van der Waals surface area contributed by atoms with Gasteiger partial charge < -0.3 is 26.1 Å². The second-order valence-electron chi connectivity index (χ2n) is 1.03. The van der Waals surface area contributed by atoms with Gasteiger partial charge in [0.05, 0.1) is 12.4 Å². The van der Waals surface area contributed by atoms with Gasteiger partial charge in [0, 0.05) is 0 Å². The van der Waals surface area contributed by atoms with Gasteiger partial charge in [-0.3, -0.25) is 9.71 Å². The minimum atomic E-state index is -1.56. The van der Waals surface area contributed by atoms with Crippen LogP contribution in [0, 0.1) is 0 Å². The molecule has 56 valence electrons. The van der Waals surface area contributed by atoms with Crippen LogP contribution in [0.15, 0.2) is 0 Å². The Morgan fingerprint density at radius 3 is 1.58 bits per heavy atom. The second kappa shape index (κ2) is 17.4. The fourth-order valence-electron chi connectivity index (χ4n) is 0.123. The molecule has 0 saturated carbocycles. The molecule has 0 amide bonds. The Morgan fingerprint density at radius 1 is 1.33 bits per heavy atom. The van der Waals surface area contributed by atoms with E-state index in [1.165, 1.54) is 4.91 Å². The Hall–Kier alpha value is 0.250. The number of rotatable bonds is 2. The van der Waals surface area contributed by atoms with E-state index in [2.05, 4.69) is 0 Å². The maximum atomic E-state index is 9.39. The second-order valence-corrected chi connectivity index (χ2v) is 1.03. The summed E-state index contributed by atoms with van der Waals surface area (Å²) in [6, 6.07) is 0. The van der Waals surface area contributed by atoms with Crippen molar-refractivity contribution in [3.8, 4) is 0 Å². The van der Waals surface area contributed by atoms with Crippen molar-refractivity contribution >= 4 is 11.9 Å². The van der Waals surface area contributed by atoms with E-state index < -0.39 is 18.4 Å². The van der Waals surface area contributed by atoms with Gasteiger partial charge in [0.25, 0.3) is 0 Å². The smallest absolute Gasteiger partial charge is 0.550 e. The van der Waals surface area contributed by atoms with Crippen LogP contribution in [0.1, 0.15) is 6.42 Å². The minimum Gasteiger partial charge on any atom is -0.550 e. The molecule has 0 heterocycles. The van der Waals surface area contributed by atoms with Gasteiger partial charge in [0.15, 0.2) is 0 Å². The van der Waals surface area contributed by atoms with Crippen molar-refractivity contribution in [1.82, 2.24) is 0 Å². The molecule has 9 heteroatoms. The SMILES string of the molecule is O=C([O-])CC(=O)O.[N-]=[N+]=[N-].[Na+].[Na+]. The fraction of sp³-hybridized carbons (Fsp3) is 0.333. The molecule has 0 spiro atoms. The van der Waals surface area contributed by atoms with Gasteiger partial charge in [0.1, 0.15) is 0 Å². The van der Waals surface area contributed by atoms with Crippen LogP contribution in [0.4, 0.5) is 0 Å². The van der Waals surface area contributed by atoms with E-state index in [0.29, 0.717) is 0 Å². The Balaban J connectivity index is -0.0000000569. The van der Waals surface area contributed by atoms with Crippen molar-refractivity contribution in [2.24, 2.45) is 0 Å². The zero-order chi connectivity index (χ0) is 8.57. The summed E-state index contributed by atoms with van der Waals surface area (Å²) in [6.07, 6.45) is -0.917. The minimum absolute atomic E-state index is 0. The van der Waals surface area contributed by atoms with Crippen LogP contribution in [0.2, 0.25) is 0 Å². The van der Waals surface area contributed by atoms with Gasteiger partial charge in [-0.15, -0.1) is 0 Å². The van der Waals surface area contributed by atoms with E-state index >= 15 is 0 Å². The van der Waals surface area contributed by atoms with E-state index in [0.717, 1.165) is 0 Å². The Bertz CT molecular complexity index is 155. The van der Waals surface area contributed by atoms with Crippen molar-refractivity contribution in [3.05, 3.63) is 16.0 Å². The van der Waals surface area contributed by atoms with Crippen LogP contribution < -0.4 is 64.2 Å². The number of aliphatic carboxylic acids is 2. The van der Waals surface area contributed by atoms with E-state index in [9.17, 15) is 14.7 Å². The molecule has 0 bridgehead atoms. The van der Waals surface area contributed by atoms with Crippen molar-refractivity contribution in [2.75, 3.05) is 0 Å². The first kappa shape index (κ1) is 22.8. The molecule has 0 aliphatic carbocycles. The summed E-state index contributed by atoms with van der Waals surface area (Å²) >= 11 is 0. The van der Waals surface area contributed by atoms with Crippen LogP contribution in [0.3, 0.4) is 0 Å². The molecule has 0 rings (SSSR count). The molecular formula is C3H3N3Na2O4. The van der Waals surface area contributed by atoms with Gasteiger partial charge in [0.2, 0.25) is 0 Å². The molecule has 0 fully saturated rings. The number of hydrogen-bond donors (Lipinski definition) is 1. The summed E-state index contributed by atoms with van der Waals surface area (Å²) in [6.45, 7) is 0. The Labute approximate surface area is 112 Å². The Kier molecular flexibility index (Phi) is 33.0. The summed E-state index contributed by atoms with van der Waals surface area (Å²) in [5.41, 5.74) is 13.5. The molecule has 0 atom stereocenters. The standard InChI is InChI=1S/C3H4O4.N3.2Na/c4-2(5)1-3(6)7;1-3-2;;/h1H2,(H,4,5)(H,6,7);;;/q;-1;2*+1/p-1. The van der Waals surface area contributed by atoms with Crippen molar-refractivity contribution < 1.29 is 78.9 Å². The number of carbonyl (C=O) groups excluding carboxylic acids is 1. The summed E-state index contributed by atoms with van der Waals surface area (Å²) in [4.78, 5) is 20.2. The van der Waals surface area contributed by atoms with Gasteiger partial charge in [-0.2, -0.15) is 0 Å². The molecule has 0 radical (unpaired) electrons. The molecule has 0 aliphatic heterocycles. The first-order valence-electron chi connectivity index (χ1n) is 1.94. The zero-order valence-corrected chi connectivity index (χ0v) is 10.7. The normalized spacial score (nSPS) is 5.33. The summed E-state index contributed by atoms with van der Waals surface area (Å²) in [5.74, 6) is -2.94.